The third kappa shape index (κ3) is 5.25. The summed E-state index contributed by atoms with van der Waals surface area (Å²) >= 11 is 0. The van der Waals surface area contributed by atoms with Gasteiger partial charge in [-0.3, -0.25) is 4.90 Å². The van der Waals surface area contributed by atoms with Crippen molar-refractivity contribution in [2.24, 2.45) is 5.41 Å². The minimum absolute atomic E-state index is 0.0147. The molecule has 1 aliphatic rings. The van der Waals surface area contributed by atoms with E-state index in [4.69, 9.17) is 0 Å². The molecule has 0 aromatic rings. The number of rotatable bonds is 4. The molecule has 0 aromatic carbocycles. The molecule has 1 saturated heterocycles. The van der Waals surface area contributed by atoms with Gasteiger partial charge in [0.2, 0.25) is 0 Å². The van der Waals surface area contributed by atoms with Crippen LogP contribution in [0, 0.1) is 5.41 Å². The quantitative estimate of drug-likeness (QED) is 0.827. The first-order chi connectivity index (χ1) is 7.72. The summed E-state index contributed by atoms with van der Waals surface area (Å²) in [4.78, 5) is 1.55. The third-order valence-corrected chi connectivity index (χ3v) is 3.51. The van der Waals surface area contributed by atoms with Crippen LogP contribution in [-0.4, -0.2) is 43.3 Å². The summed E-state index contributed by atoms with van der Waals surface area (Å²) in [6.07, 6.45) is -2.20. The molecule has 17 heavy (non-hydrogen) atoms. The molecular weight excluding hydrogens is 229 g/mol. The molecule has 0 bridgehead atoms. The summed E-state index contributed by atoms with van der Waals surface area (Å²) < 4.78 is 37.5. The fraction of sp³-hybridized carbons (Fsp3) is 1.00. The van der Waals surface area contributed by atoms with Crippen LogP contribution >= 0.6 is 0 Å². The molecule has 1 fully saturated rings. The average molecular weight is 252 g/mol. The lowest BCUT2D eigenvalue weighted by atomic mass is 9.80. The zero-order valence-corrected chi connectivity index (χ0v) is 10.9. The summed E-state index contributed by atoms with van der Waals surface area (Å²) in [5.74, 6) is 0. The Hall–Kier alpha value is -0.290. The lowest BCUT2D eigenvalue weighted by molar-refractivity contribution is -0.153. The molecule has 2 nitrogen and oxygen atoms in total. The number of piperidine rings is 1. The Morgan fingerprint density at radius 2 is 1.76 bits per heavy atom. The van der Waals surface area contributed by atoms with Crippen LogP contribution in [0.4, 0.5) is 13.2 Å². The molecule has 5 heteroatoms. The Balaban J connectivity index is 2.59. The molecule has 1 rings (SSSR count). The number of nitrogens with zero attached hydrogens (tertiary/aromatic N) is 1. The van der Waals surface area contributed by atoms with Crippen LogP contribution in [0.3, 0.4) is 0 Å². The van der Waals surface area contributed by atoms with Crippen molar-refractivity contribution in [1.82, 2.24) is 10.2 Å². The van der Waals surface area contributed by atoms with E-state index in [0.29, 0.717) is 6.54 Å². The standard InChI is InChI=1S/C12H23F3N2/c1-10(2)17(9-12(13,14)15)8-11(3)4-6-16-7-5-11/h10,16H,4-9H2,1-3H3. The molecule has 0 saturated carbocycles. The topological polar surface area (TPSA) is 15.3 Å². The predicted octanol–water partition coefficient (Wildman–Crippen LogP) is 2.65. The molecule has 1 N–H and O–H groups in total. The predicted molar refractivity (Wildman–Crippen MR) is 63.0 cm³/mol. The number of hydrogen-bond donors (Lipinski definition) is 1. The highest BCUT2D eigenvalue weighted by atomic mass is 19.4. The Morgan fingerprint density at radius 1 is 1.24 bits per heavy atom. The van der Waals surface area contributed by atoms with Gasteiger partial charge in [0.05, 0.1) is 6.54 Å². The van der Waals surface area contributed by atoms with Crippen molar-refractivity contribution < 1.29 is 13.2 Å². The Kier molecular flexibility index (Phi) is 4.84. The maximum atomic E-state index is 12.5. The van der Waals surface area contributed by atoms with Crippen LogP contribution in [0.1, 0.15) is 33.6 Å². The van der Waals surface area contributed by atoms with Gasteiger partial charge in [0.25, 0.3) is 0 Å². The maximum Gasteiger partial charge on any atom is 0.401 e. The summed E-state index contributed by atoms with van der Waals surface area (Å²) in [6, 6.07) is -0.0664. The molecule has 0 radical (unpaired) electrons. The zero-order chi connectivity index (χ0) is 13.1. The van der Waals surface area contributed by atoms with Crippen molar-refractivity contribution in [2.45, 2.75) is 45.8 Å². The van der Waals surface area contributed by atoms with Crippen LogP contribution in [-0.2, 0) is 0 Å². The summed E-state index contributed by atoms with van der Waals surface area (Å²) in [5.41, 5.74) is 0.0147. The van der Waals surface area contributed by atoms with Crippen molar-refractivity contribution in [2.75, 3.05) is 26.2 Å². The number of hydrogen-bond acceptors (Lipinski definition) is 2. The lowest BCUT2D eigenvalue weighted by Crippen LogP contribution is -2.48. The first kappa shape index (κ1) is 14.8. The van der Waals surface area contributed by atoms with Gasteiger partial charge < -0.3 is 5.32 Å². The zero-order valence-electron chi connectivity index (χ0n) is 10.9. The summed E-state index contributed by atoms with van der Waals surface area (Å²) in [5, 5.41) is 3.25. The van der Waals surface area contributed by atoms with E-state index in [9.17, 15) is 13.2 Å². The highest BCUT2D eigenvalue weighted by Crippen LogP contribution is 2.31. The highest BCUT2D eigenvalue weighted by molar-refractivity contribution is 4.85. The third-order valence-electron chi connectivity index (χ3n) is 3.51. The molecule has 0 unspecified atom stereocenters. The molecule has 0 amide bonds. The summed E-state index contributed by atoms with van der Waals surface area (Å²) in [6.45, 7) is 7.31. The first-order valence-corrected chi connectivity index (χ1v) is 6.23. The van der Waals surface area contributed by atoms with Crippen molar-refractivity contribution in [1.29, 1.82) is 0 Å². The van der Waals surface area contributed by atoms with Crippen LogP contribution in [0.25, 0.3) is 0 Å². The van der Waals surface area contributed by atoms with Gasteiger partial charge in [-0.05, 0) is 45.2 Å². The summed E-state index contributed by atoms with van der Waals surface area (Å²) in [7, 11) is 0. The number of nitrogens with one attached hydrogen (secondary N) is 1. The highest BCUT2D eigenvalue weighted by Gasteiger charge is 2.36. The fourth-order valence-corrected chi connectivity index (χ4v) is 2.33. The van der Waals surface area contributed by atoms with E-state index < -0.39 is 12.7 Å². The van der Waals surface area contributed by atoms with E-state index in [0.717, 1.165) is 25.9 Å². The van der Waals surface area contributed by atoms with Gasteiger partial charge >= 0.3 is 6.18 Å². The smallest absolute Gasteiger partial charge is 0.317 e. The van der Waals surface area contributed by atoms with Crippen molar-refractivity contribution in [3.05, 3.63) is 0 Å². The Morgan fingerprint density at radius 3 is 2.18 bits per heavy atom. The van der Waals surface area contributed by atoms with E-state index in [1.54, 1.807) is 4.90 Å². The van der Waals surface area contributed by atoms with Crippen LogP contribution in [0.2, 0.25) is 0 Å². The van der Waals surface area contributed by atoms with E-state index in [1.807, 2.05) is 13.8 Å². The molecule has 1 aliphatic heterocycles. The molecule has 0 atom stereocenters. The van der Waals surface area contributed by atoms with Gasteiger partial charge in [-0.1, -0.05) is 6.92 Å². The molecular formula is C12H23F3N2. The Bertz CT molecular complexity index is 232. The fourth-order valence-electron chi connectivity index (χ4n) is 2.33. The second-order valence-electron chi connectivity index (χ2n) is 5.67. The van der Waals surface area contributed by atoms with Gasteiger partial charge in [0.1, 0.15) is 0 Å². The second-order valence-corrected chi connectivity index (χ2v) is 5.67. The largest absolute Gasteiger partial charge is 0.401 e. The SMILES string of the molecule is CC(C)N(CC(F)(F)F)CC1(C)CCNCC1. The normalized spacial score (nSPS) is 21.2. The van der Waals surface area contributed by atoms with Crippen LogP contribution < -0.4 is 5.32 Å². The molecule has 0 aromatic heterocycles. The second kappa shape index (κ2) is 5.57. The van der Waals surface area contributed by atoms with Gasteiger partial charge in [-0.25, -0.2) is 0 Å². The van der Waals surface area contributed by atoms with Crippen molar-refractivity contribution >= 4 is 0 Å². The monoisotopic (exact) mass is 252 g/mol. The first-order valence-electron chi connectivity index (χ1n) is 6.23. The molecule has 0 aliphatic carbocycles. The van der Waals surface area contributed by atoms with Crippen LogP contribution in [0.15, 0.2) is 0 Å². The van der Waals surface area contributed by atoms with Gasteiger partial charge in [-0.2, -0.15) is 13.2 Å². The maximum absolute atomic E-state index is 12.5. The minimum Gasteiger partial charge on any atom is -0.317 e. The van der Waals surface area contributed by atoms with E-state index in [-0.39, 0.29) is 11.5 Å². The lowest BCUT2D eigenvalue weighted by Gasteiger charge is -2.40. The molecule has 0 spiro atoms. The van der Waals surface area contributed by atoms with Crippen molar-refractivity contribution in [3.63, 3.8) is 0 Å². The minimum atomic E-state index is -4.10. The van der Waals surface area contributed by atoms with Crippen LogP contribution in [0.5, 0.6) is 0 Å². The average Bonchev–Trinajstić information content (AvgIpc) is 2.15. The van der Waals surface area contributed by atoms with Crippen molar-refractivity contribution in [3.8, 4) is 0 Å². The van der Waals surface area contributed by atoms with Gasteiger partial charge in [0.15, 0.2) is 0 Å². The van der Waals surface area contributed by atoms with Gasteiger partial charge in [-0.15, -0.1) is 0 Å². The van der Waals surface area contributed by atoms with E-state index >= 15 is 0 Å². The van der Waals surface area contributed by atoms with E-state index in [1.165, 1.54) is 0 Å². The van der Waals surface area contributed by atoms with E-state index in [2.05, 4.69) is 12.2 Å². The number of alkyl halides is 3. The molecule has 1 heterocycles. The van der Waals surface area contributed by atoms with Gasteiger partial charge in [0, 0.05) is 12.6 Å². The Labute approximate surface area is 102 Å². The molecule has 102 valence electrons. The number of halogens is 3.